The third kappa shape index (κ3) is 2.78. The second-order valence-electron chi connectivity index (χ2n) is 8.29. The predicted molar refractivity (Wildman–Crippen MR) is 104 cm³/mol. The highest BCUT2D eigenvalue weighted by molar-refractivity contribution is 6.68. The van der Waals surface area contributed by atoms with Crippen molar-refractivity contribution in [2.45, 2.75) is 71.3 Å². The van der Waals surface area contributed by atoms with Gasteiger partial charge in [0.25, 0.3) is 0 Å². The highest BCUT2D eigenvalue weighted by atomic mass is 35.5. The molecule has 5 nitrogen and oxygen atoms in total. The van der Waals surface area contributed by atoms with E-state index in [2.05, 4.69) is 0 Å². The van der Waals surface area contributed by atoms with Gasteiger partial charge in [-0.15, -0.1) is 0 Å². The molecule has 2 fully saturated rings. The molecular formula is C19H26BClN2O3. The number of aromatic nitrogens is 2. The lowest BCUT2D eigenvalue weighted by Gasteiger charge is -2.32. The van der Waals surface area contributed by atoms with E-state index < -0.39 is 18.3 Å². The van der Waals surface area contributed by atoms with Crippen LogP contribution in [-0.4, -0.2) is 34.7 Å². The average molecular weight is 377 g/mol. The lowest BCUT2D eigenvalue weighted by Crippen LogP contribution is -2.41. The van der Waals surface area contributed by atoms with Crippen molar-refractivity contribution < 1.29 is 14.0 Å². The summed E-state index contributed by atoms with van der Waals surface area (Å²) < 4.78 is 20.5. The van der Waals surface area contributed by atoms with Gasteiger partial charge in [0, 0.05) is 22.5 Å². The summed E-state index contributed by atoms with van der Waals surface area (Å²) in [6.45, 7) is 11.0. The van der Waals surface area contributed by atoms with Gasteiger partial charge >= 0.3 is 7.12 Å². The molecule has 140 valence electrons. The summed E-state index contributed by atoms with van der Waals surface area (Å²) in [4.78, 5) is 0. The molecule has 3 heterocycles. The molecule has 0 N–H and O–H groups in total. The zero-order chi connectivity index (χ0) is 18.7. The van der Waals surface area contributed by atoms with Crippen molar-refractivity contribution in [1.29, 1.82) is 0 Å². The number of halogens is 1. The van der Waals surface area contributed by atoms with E-state index in [0.717, 1.165) is 47.9 Å². The van der Waals surface area contributed by atoms with Gasteiger partial charge in [-0.2, -0.15) is 5.10 Å². The van der Waals surface area contributed by atoms with E-state index in [-0.39, 0.29) is 6.23 Å². The van der Waals surface area contributed by atoms with Crippen LogP contribution in [0.3, 0.4) is 0 Å². The standard InChI is InChI=1S/C19H26BClN2O3/c1-12-16-14(23(22-12)15-8-6-7-11-24-15)10-9-13(21)17(16)20-25-18(2,3)19(4,5)26-20/h9-10,15H,6-8,11H2,1-5H3. The van der Waals surface area contributed by atoms with E-state index in [9.17, 15) is 0 Å². The number of hydrogen-bond donors (Lipinski definition) is 0. The van der Waals surface area contributed by atoms with Crippen LogP contribution < -0.4 is 5.46 Å². The first kappa shape index (κ1) is 18.3. The van der Waals surface area contributed by atoms with Crippen molar-refractivity contribution in [3.8, 4) is 0 Å². The van der Waals surface area contributed by atoms with Crippen molar-refractivity contribution in [2.75, 3.05) is 6.61 Å². The summed E-state index contributed by atoms with van der Waals surface area (Å²) in [5.74, 6) is 0. The van der Waals surface area contributed by atoms with Crippen LogP contribution in [0.5, 0.6) is 0 Å². The first-order chi connectivity index (χ1) is 12.2. The molecule has 7 heteroatoms. The molecule has 4 rings (SSSR count). The lowest BCUT2D eigenvalue weighted by molar-refractivity contribution is -0.0368. The Hall–Kier alpha value is -1.08. The summed E-state index contributed by atoms with van der Waals surface area (Å²) >= 11 is 6.61. The zero-order valence-corrected chi connectivity index (χ0v) is 16.9. The molecule has 0 bridgehead atoms. The molecule has 0 radical (unpaired) electrons. The van der Waals surface area contributed by atoms with Gasteiger partial charge in [0.15, 0.2) is 6.23 Å². The molecule has 0 spiro atoms. The summed E-state index contributed by atoms with van der Waals surface area (Å²) in [6.07, 6.45) is 3.22. The van der Waals surface area contributed by atoms with Crippen LogP contribution in [0.25, 0.3) is 10.9 Å². The van der Waals surface area contributed by atoms with Gasteiger partial charge < -0.3 is 14.0 Å². The minimum absolute atomic E-state index is 0.0210. The fourth-order valence-electron chi connectivity index (χ4n) is 3.75. The zero-order valence-electron chi connectivity index (χ0n) is 16.1. The molecule has 1 aromatic carbocycles. The Morgan fingerprint density at radius 3 is 2.46 bits per heavy atom. The van der Waals surface area contributed by atoms with Gasteiger partial charge in [-0.1, -0.05) is 11.6 Å². The van der Waals surface area contributed by atoms with E-state index in [1.54, 1.807) is 0 Å². The Bertz CT molecular complexity index is 827. The number of benzene rings is 1. The van der Waals surface area contributed by atoms with Crippen LogP contribution in [0.1, 0.15) is 58.9 Å². The van der Waals surface area contributed by atoms with Gasteiger partial charge in [0.2, 0.25) is 0 Å². The van der Waals surface area contributed by atoms with Crippen LogP contribution in [0, 0.1) is 6.92 Å². The van der Waals surface area contributed by atoms with Crippen molar-refractivity contribution in [1.82, 2.24) is 9.78 Å². The molecule has 1 atom stereocenters. The Morgan fingerprint density at radius 1 is 1.15 bits per heavy atom. The second-order valence-corrected chi connectivity index (χ2v) is 8.70. The number of aryl methyl sites for hydroxylation is 1. The average Bonchev–Trinajstić information content (AvgIpc) is 3.02. The molecule has 0 saturated carbocycles. The smallest absolute Gasteiger partial charge is 0.399 e. The molecule has 0 amide bonds. The molecule has 1 aromatic heterocycles. The van der Waals surface area contributed by atoms with E-state index in [0.29, 0.717) is 5.02 Å². The first-order valence-corrected chi connectivity index (χ1v) is 9.73. The fraction of sp³-hybridized carbons (Fsp3) is 0.632. The fourth-order valence-corrected chi connectivity index (χ4v) is 3.99. The maximum absolute atomic E-state index is 6.61. The Kier molecular flexibility index (Phi) is 4.38. The topological polar surface area (TPSA) is 45.5 Å². The maximum Gasteiger partial charge on any atom is 0.497 e. The van der Waals surface area contributed by atoms with Gasteiger partial charge in [0.1, 0.15) is 0 Å². The number of hydrogen-bond acceptors (Lipinski definition) is 4. The maximum atomic E-state index is 6.61. The molecule has 2 saturated heterocycles. The Balaban J connectivity index is 1.83. The summed E-state index contributed by atoms with van der Waals surface area (Å²) in [6, 6.07) is 3.93. The summed E-state index contributed by atoms with van der Waals surface area (Å²) in [5, 5.41) is 6.43. The highest BCUT2D eigenvalue weighted by Gasteiger charge is 2.53. The number of rotatable bonds is 2. The largest absolute Gasteiger partial charge is 0.497 e. The van der Waals surface area contributed by atoms with Crippen LogP contribution >= 0.6 is 11.6 Å². The minimum atomic E-state index is -0.514. The van der Waals surface area contributed by atoms with Crippen LogP contribution in [0.15, 0.2) is 12.1 Å². The normalized spacial score (nSPS) is 25.2. The molecule has 2 aliphatic heterocycles. The molecule has 26 heavy (non-hydrogen) atoms. The third-order valence-electron chi connectivity index (χ3n) is 5.95. The van der Waals surface area contributed by atoms with Crippen LogP contribution in [0.4, 0.5) is 0 Å². The SMILES string of the molecule is Cc1nn(C2CCCCO2)c2ccc(Cl)c(B3OC(C)(C)C(C)(C)O3)c12. The monoisotopic (exact) mass is 376 g/mol. The Labute approximate surface area is 160 Å². The first-order valence-electron chi connectivity index (χ1n) is 9.36. The van der Waals surface area contributed by atoms with Gasteiger partial charge in [-0.3, -0.25) is 0 Å². The number of ether oxygens (including phenoxy) is 1. The summed E-state index contributed by atoms with van der Waals surface area (Å²) in [5.41, 5.74) is 1.96. The predicted octanol–water partition coefficient (Wildman–Crippen LogP) is 4.00. The van der Waals surface area contributed by atoms with E-state index in [1.807, 2.05) is 51.4 Å². The van der Waals surface area contributed by atoms with Crippen molar-refractivity contribution >= 4 is 35.1 Å². The third-order valence-corrected chi connectivity index (χ3v) is 6.28. The molecule has 2 aliphatic rings. The highest BCUT2D eigenvalue weighted by Crippen LogP contribution is 2.38. The molecule has 0 aliphatic carbocycles. The van der Waals surface area contributed by atoms with E-state index >= 15 is 0 Å². The van der Waals surface area contributed by atoms with Crippen molar-refractivity contribution in [3.05, 3.63) is 22.8 Å². The van der Waals surface area contributed by atoms with Crippen LogP contribution in [-0.2, 0) is 14.0 Å². The summed E-state index contributed by atoms with van der Waals surface area (Å²) in [7, 11) is -0.514. The van der Waals surface area contributed by atoms with E-state index in [1.165, 1.54) is 0 Å². The van der Waals surface area contributed by atoms with Crippen molar-refractivity contribution in [2.24, 2.45) is 0 Å². The van der Waals surface area contributed by atoms with Gasteiger partial charge in [-0.25, -0.2) is 4.68 Å². The van der Waals surface area contributed by atoms with Gasteiger partial charge in [-0.05, 0) is 66.0 Å². The quantitative estimate of drug-likeness (QED) is 0.743. The minimum Gasteiger partial charge on any atom is -0.399 e. The van der Waals surface area contributed by atoms with E-state index in [4.69, 9.17) is 30.7 Å². The molecule has 1 unspecified atom stereocenters. The Morgan fingerprint density at radius 2 is 1.85 bits per heavy atom. The molecular weight excluding hydrogens is 350 g/mol. The van der Waals surface area contributed by atoms with Gasteiger partial charge in [0.05, 0.1) is 22.4 Å². The number of fused-ring (bicyclic) bond motifs is 1. The second kappa shape index (κ2) is 6.23. The number of nitrogens with zero attached hydrogens (tertiary/aromatic N) is 2. The molecule has 2 aromatic rings. The van der Waals surface area contributed by atoms with Crippen LogP contribution in [0.2, 0.25) is 5.02 Å². The lowest BCUT2D eigenvalue weighted by atomic mass is 9.76. The van der Waals surface area contributed by atoms with Crippen molar-refractivity contribution in [3.63, 3.8) is 0 Å².